The summed E-state index contributed by atoms with van der Waals surface area (Å²) in [5, 5.41) is 15.3. The van der Waals surface area contributed by atoms with Gasteiger partial charge in [-0.3, -0.25) is 9.78 Å². The summed E-state index contributed by atoms with van der Waals surface area (Å²) in [6.07, 6.45) is 4.02. The number of rotatable bonds is 3. The molecule has 2 atom stereocenters. The van der Waals surface area contributed by atoms with Gasteiger partial charge < -0.3 is 15.7 Å². The van der Waals surface area contributed by atoms with Crippen LogP contribution < -0.4 is 10.6 Å². The first-order chi connectivity index (χ1) is 7.77. The van der Waals surface area contributed by atoms with Crippen LogP contribution in [0.1, 0.15) is 10.5 Å². The fourth-order valence-electron chi connectivity index (χ4n) is 1.66. The lowest BCUT2D eigenvalue weighted by Gasteiger charge is -2.13. The minimum Gasteiger partial charge on any atom is -0.391 e. The smallest absolute Gasteiger partial charge is 0.271 e. The van der Waals surface area contributed by atoms with Crippen molar-refractivity contribution in [1.82, 2.24) is 20.6 Å². The lowest BCUT2D eigenvalue weighted by atomic mass is 10.1. The standard InChI is InChI=1S/C10H14N4O2.2ClH/c15-9-6-12-3-7(9)4-14-10(16)8-5-11-1-2-13-8;;/h1-2,5,7,9,12,15H,3-4,6H2,(H,14,16);2*1H. The number of amides is 1. The zero-order valence-electron chi connectivity index (χ0n) is 9.57. The summed E-state index contributed by atoms with van der Waals surface area (Å²) in [5.74, 6) is -0.187. The molecule has 8 heteroatoms. The van der Waals surface area contributed by atoms with Crippen molar-refractivity contribution in [3.05, 3.63) is 24.3 Å². The summed E-state index contributed by atoms with van der Waals surface area (Å²) < 4.78 is 0. The number of hydrogen-bond donors (Lipinski definition) is 3. The van der Waals surface area contributed by atoms with E-state index < -0.39 is 0 Å². The predicted octanol–water partition coefficient (Wildman–Crippen LogP) is -0.370. The molecule has 3 N–H and O–H groups in total. The molecule has 102 valence electrons. The summed E-state index contributed by atoms with van der Waals surface area (Å²) in [6.45, 7) is 1.76. The second-order valence-electron chi connectivity index (χ2n) is 3.79. The van der Waals surface area contributed by atoms with Gasteiger partial charge in [0.1, 0.15) is 5.69 Å². The average Bonchev–Trinajstić information content (AvgIpc) is 2.73. The van der Waals surface area contributed by atoms with Crippen molar-refractivity contribution in [2.24, 2.45) is 5.92 Å². The van der Waals surface area contributed by atoms with Crippen molar-refractivity contribution in [3.8, 4) is 0 Å². The van der Waals surface area contributed by atoms with Crippen molar-refractivity contribution < 1.29 is 9.90 Å². The summed E-state index contributed by atoms with van der Waals surface area (Å²) >= 11 is 0. The SMILES string of the molecule is Cl.Cl.O=C(NCC1CNCC1O)c1cnccn1. The highest BCUT2D eigenvalue weighted by Crippen LogP contribution is 2.07. The van der Waals surface area contributed by atoms with Crippen LogP contribution in [0.5, 0.6) is 0 Å². The molecule has 2 unspecified atom stereocenters. The van der Waals surface area contributed by atoms with E-state index in [1.54, 1.807) is 0 Å². The number of nitrogens with one attached hydrogen (secondary N) is 2. The highest BCUT2D eigenvalue weighted by atomic mass is 35.5. The minimum absolute atomic E-state index is 0. The lowest BCUT2D eigenvalue weighted by molar-refractivity contribution is 0.0921. The molecule has 0 aromatic carbocycles. The zero-order chi connectivity index (χ0) is 11.4. The van der Waals surface area contributed by atoms with Crippen molar-refractivity contribution in [2.45, 2.75) is 6.10 Å². The first-order valence-corrected chi connectivity index (χ1v) is 5.20. The number of hydrogen-bond acceptors (Lipinski definition) is 5. The predicted molar refractivity (Wildman–Crippen MR) is 71.2 cm³/mol. The van der Waals surface area contributed by atoms with Gasteiger partial charge in [-0.2, -0.15) is 0 Å². The highest BCUT2D eigenvalue weighted by Gasteiger charge is 2.25. The molecular weight excluding hydrogens is 279 g/mol. The maximum atomic E-state index is 11.6. The Labute approximate surface area is 117 Å². The Morgan fingerprint density at radius 1 is 1.44 bits per heavy atom. The lowest BCUT2D eigenvalue weighted by Crippen LogP contribution is -2.34. The summed E-state index contributed by atoms with van der Waals surface area (Å²) in [5.41, 5.74) is 0.294. The van der Waals surface area contributed by atoms with E-state index in [2.05, 4.69) is 20.6 Å². The molecule has 2 rings (SSSR count). The van der Waals surface area contributed by atoms with E-state index in [-0.39, 0.29) is 42.7 Å². The largest absolute Gasteiger partial charge is 0.391 e. The molecule has 0 aliphatic carbocycles. The summed E-state index contributed by atoms with van der Waals surface area (Å²) in [6, 6.07) is 0. The Kier molecular flexibility index (Phi) is 7.77. The van der Waals surface area contributed by atoms with Crippen molar-refractivity contribution in [2.75, 3.05) is 19.6 Å². The fourth-order valence-corrected chi connectivity index (χ4v) is 1.66. The molecule has 1 aliphatic rings. The van der Waals surface area contributed by atoms with Gasteiger partial charge in [-0.1, -0.05) is 0 Å². The van der Waals surface area contributed by atoms with Crippen LogP contribution in [0.4, 0.5) is 0 Å². The first-order valence-electron chi connectivity index (χ1n) is 5.20. The van der Waals surface area contributed by atoms with E-state index in [1.807, 2.05) is 0 Å². The molecule has 1 amide bonds. The van der Waals surface area contributed by atoms with E-state index in [9.17, 15) is 9.90 Å². The van der Waals surface area contributed by atoms with Crippen molar-refractivity contribution in [3.63, 3.8) is 0 Å². The molecule has 0 spiro atoms. The third-order valence-corrected chi connectivity index (χ3v) is 2.62. The second-order valence-corrected chi connectivity index (χ2v) is 3.79. The molecule has 1 saturated heterocycles. The molecular formula is C10H16Cl2N4O2. The van der Waals surface area contributed by atoms with Crippen LogP contribution in [-0.2, 0) is 0 Å². The Bertz CT molecular complexity index is 366. The molecule has 1 aromatic rings. The van der Waals surface area contributed by atoms with Crippen LogP contribution in [0.3, 0.4) is 0 Å². The second kappa shape index (κ2) is 8.20. The normalized spacial score (nSPS) is 21.6. The van der Waals surface area contributed by atoms with Gasteiger partial charge in [-0.15, -0.1) is 24.8 Å². The number of carbonyl (C=O) groups excluding carboxylic acids is 1. The summed E-state index contributed by atoms with van der Waals surface area (Å²) in [4.78, 5) is 19.3. The molecule has 18 heavy (non-hydrogen) atoms. The number of aromatic nitrogens is 2. The highest BCUT2D eigenvalue weighted by molar-refractivity contribution is 5.91. The number of halogens is 2. The van der Waals surface area contributed by atoms with Crippen LogP contribution in [0.15, 0.2) is 18.6 Å². The van der Waals surface area contributed by atoms with Gasteiger partial charge in [-0.05, 0) is 0 Å². The molecule has 1 aromatic heterocycles. The van der Waals surface area contributed by atoms with Gasteiger partial charge in [0, 0.05) is 37.9 Å². The van der Waals surface area contributed by atoms with Gasteiger partial charge in [0.05, 0.1) is 12.3 Å². The maximum absolute atomic E-state index is 11.6. The third-order valence-electron chi connectivity index (χ3n) is 2.62. The average molecular weight is 295 g/mol. The molecule has 6 nitrogen and oxygen atoms in total. The Morgan fingerprint density at radius 3 is 2.78 bits per heavy atom. The van der Waals surface area contributed by atoms with E-state index in [0.717, 1.165) is 6.54 Å². The Balaban J connectivity index is 0.00000144. The number of β-amino-alcohol motifs (C(OH)–C–C–N with tert-alkyl or cyclic N) is 1. The van der Waals surface area contributed by atoms with Gasteiger partial charge in [-0.25, -0.2) is 4.98 Å². The van der Waals surface area contributed by atoms with E-state index in [1.165, 1.54) is 18.6 Å². The van der Waals surface area contributed by atoms with Gasteiger partial charge in [0.25, 0.3) is 5.91 Å². The monoisotopic (exact) mass is 294 g/mol. The van der Waals surface area contributed by atoms with E-state index in [4.69, 9.17) is 0 Å². The minimum atomic E-state index is -0.387. The fraction of sp³-hybridized carbons (Fsp3) is 0.500. The molecule has 2 heterocycles. The number of carbonyl (C=O) groups is 1. The number of nitrogens with zero attached hydrogens (tertiary/aromatic N) is 2. The zero-order valence-corrected chi connectivity index (χ0v) is 11.2. The van der Waals surface area contributed by atoms with Gasteiger partial charge >= 0.3 is 0 Å². The van der Waals surface area contributed by atoms with Gasteiger partial charge in [0.15, 0.2) is 0 Å². The Hall–Kier alpha value is -0.950. The van der Waals surface area contributed by atoms with Crippen LogP contribution in [0, 0.1) is 5.92 Å². The van der Waals surface area contributed by atoms with Crippen LogP contribution >= 0.6 is 24.8 Å². The summed E-state index contributed by atoms with van der Waals surface area (Å²) in [7, 11) is 0. The molecule has 0 radical (unpaired) electrons. The Morgan fingerprint density at radius 2 is 2.22 bits per heavy atom. The van der Waals surface area contributed by atoms with E-state index >= 15 is 0 Å². The van der Waals surface area contributed by atoms with Crippen LogP contribution in [-0.4, -0.2) is 46.7 Å². The van der Waals surface area contributed by atoms with Crippen LogP contribution in [0.25, 0.3) is 0 Å². The molecule has 0 bridgehead atoms. The third kappa shape index (κ3) is 4.38. The number of aliphatic hydroxyl groups is 1. The maximum Gasteiger partial charge on any atom is 0.271 e. The molecule has 1 fully saturated rings. The van der Waals surface area contributed by atoms with Crippen LogP contribution in [0.2, 0.25) is 0 Å². The first kappa shape index (κ1) is 17.1. The van der Waals surface area contributed by atoms with E-state index in [0.29, 0.717) is 18.8 Å². The van der Waals surface area contributed by atoms with Crippen molar-refractivity contribution in [1.29, 1.82) is 0 Å². The molecule has 1 aliphatic heterocycles. The van der Waals surface area contributed by atoms with Gasteiger partial charge in [0.2, 0.25) is 0 Å². The van der Waals surface area contributed by atoms with Crippen molar-refractivity contribution >= 4 is 30.7 Å². The quantitative estimate of drug-likeness (QED) is 0.708. The molecule has 0 saturated carbocycles. The number of aliphatic hydroxyl groups excluding tert-OH is 1. The topological polar surface area (TPSA) is 87.1 Å².